The minimum absolute atomic E-state index is 0. The summed E-state index contributed by atoms with van der Waals surface area (Å²) in [6, 6.07) is 0. The maximum atomic E-state index is 11.0. The van der Waals surface area contributed by atoms with Gasteiger partial charge in [0.2, 0.25) is 5.24 Å². The van der Waals surface area contributed by atoms with Crippen LogP contribution in [0.25, 0.3) is 0 Å². The molecule has 0 aromatic heterocycles. The Labute approximate surface area is 498 Å². The molecule has 20 heteroatoms. The fourth-order valence-corrected chi connectivity index (χ4v) is 2.64. The van der Waals surface area contributed by atoms with Crippen LogP contribution in [-0.2, 0) is 47.6 Å². The van der Waals surface area contributed by atoms with E-state index in [2.05, 4.69) is 59.5 Å². The Hall–Kier alpha value is 0.711. The minimum Gasteiger partial charge on any atom is -1.00 e. The van der Waals surface area contributed by atoms with Gasteiger partial charge in [-0.2, -0.15) is 0 Å². The number of allylic oxidation sites excluding steroid dienone is 1. The summed E-state index contributed by atoms with van der Waals surface area (Å²) in [6.45, 7) is 49.5. The quantitative estimate of drug-likeness (QED) is 0.0304. The molecule has 401 valence electrons. The van der Waals surface area contributed by atoms with Crippen molar-refractivity contribution in [3.63, 3.8) is 0 Å². The molecule has 0 heterocycles. The van der Waals surface area contributed by atoms with Crippen molar-refractivity contribution in [3.8, 4) is 0 Å². The van der Waals surface area contributed by atoms with E-state index in [1.807, 2.05) is 69.2 Å². The van der Waals surface area contributed by atoms with Crippen LogP contribution < -0.4 is 86.0 Å². The molecule has 0 aliphatic heterocycles. The average molecular weight is 1100 g/mol. The van der Waals surface area contributed by atoms with Crippen LogP contribution in [-0.4, -0.2) is 159 Å². The van der Waals surface area contributed by atoms with E-state index < -0.39 is 28.0 Å². The Bertz CT molecular complexity index is 1010. The van der Waals surface area contributed by atoms with Gasteiger partial charge in [0.15, 0.2) is 0 Å². The molecule has 0 saturated carbocycles. The van der Waals surface area contributed by atoms with E-state index in [-0.39, 0.29) is 127 Å². The topological polar surface area (TPSA) is 211 Å². The van der Waals surface area contributed by atoms with Crippen LogP contribution in [0.1, 0.15) is 159 Å². The fraction of sp³-hybridized carbons (Fsp3) is 0.833. The standard InChI is InChI=1S/C9H18O3.C8H14O3.C6H11BrO2.C6H15N.C5H12O2.C4H10O.C4H9O.C3H3ClO.C3H8O.B.K.Na.H/c1-5-6-11-7-8(10)12-9(2,3)4;1-3-5-10-6-7-11-8(9)4-2;1-6(2,3)9-5(8)4-7;1-4-7(5-2)6-3;1-2-4-7-5-3-6;2*1-4(2,3)5;1-2-3(4)5;1-2-3-4;;;;/h5-7H2,1-4H3;4H,2-3,5-7H2,1H3;4H2,1-3H3;4-6H2,1-3H3;6H,2-5H2,1H3;5H,1-3H3;1-3H3;2H,1H2;4H,2-3H2,1H3;;;;/q;;;;;;-1;;;;2*+1;-1. The molecule has 0 bridgehead atoms. The van der Waals surface area contributed by atoms with Gasteiger partial charge in [0.1, 0.15) is 29.7 Å². The van der Waals surface area contributed by atoms with E-state index in [9.17, 15) is 24.3 Å². The molecule has 0 aliphatic carbocycles. The molecule has 0 spiro atoms. The van der Waals surface area contributed by atoms with Crippen LogP contribution in [0.3, 0.4) is 0 Å². The molecule has 15 nitrogen and oxygen atoms in total. The monoisotopic (exact) mass is 1100 g/mol. The number of alkyl halides is 1. The summed E-state index contributed by atoms with van der Waals surface area (Å²) in [5, 5.41) is 34.4. The Morgan fingerprint density at radius 2 is 0.941 bits per heavy atom. The molecule has 0 atom stereocenters. The third-order valence-electron chi connectivity index (χ3n) is 4.81. The molecule has 0 rings (SSSR count). The number of carbonyl (C=O) groups excluding carboxylic acids is 4. The van der Waals surface area contributed by atoms with E-state index in [1.165, 1.54) is 19.6 Å². The van der Waals surface area contributed by atoms with E-state index in [0.29, 0.717) is 39.6 Å². The summed E-state index contributed by atoms with van der Waals surface area (Å²) in [5.74, 6) is -0.913. The van der Waals surface area contributed by atoms with Crippen molar-refractivity contribution >= 4 is 59.1 Å². The van der Waals surface area contributed by atoms with Gasteiger partial charge in [-0.05, 0) is 125 Å². The van der Waals surface area contributed by atoms with E-state index in [1.54, 1.807) is 41.5 Å². The van der Waals surface area contributed by atoms with Crippen molar-refractivity contribution in [1.82, 2.24) is 4.90 Å². The second-order valence-electron chi connectivity index (χ2n) is 16.8. The summed E-state index contributed by atoms with van der Waals surface area (Å²) >= 11 is 7.70. The van der Waals surface area contributed by atoms with Crippen LogP contribution >= 0.6 is 27.5 Å². The number of ether oxygens (including phenoxy) is 6. The zero-order valence-electron chi connectivity index (χ0n) is 48.2. The van der Waals surface area contributed by atoms with Crippen molar-refractivity contribution in [2.24, 2.45) is 0 Å². The van der Waals surface area contributed by atoms with Crippen LogP contribution in [0, 0.1) is 0 Å². The van der Waals surface area contributed by atoms with E-state index in [4.69, 9.17) is 50.6 Å². The first kappa shape index (κ1) is 98.0. The number of aliphatic hydroxyl groups is 3. The largest absolute Gasteiger partial charge is 1.00 e. The van der Waals surface area contributed by atoms with Crippen molar-refractivity contribution in [2.45, 2.75) is 180 Å². The van der Waals surface area contributed by atoms with Gasteiger partial charge in [-0.1, -0.05) is 98.3 Å². The predicted molar refractivity (Wildman–Crippen MR) is 278 cm³/mol. The second-order valence-corrected chi connectivity index (χ2v) is 17.7. The van der Waals surface area contributed by atoms with E-state index in [0.717, 1.165) is 44.4 Å². The number of aliphatic hydroxyl groups excluding tert-OH is 2. The fourth-order valence-electron chi connectivity index (χ4n) is 2.53. The number of hydrogen-bond acceptors (Lipinski definition) is 15. The first-order valence-corrected chi connectivity index (χ1v) is 23.9. The molecular weight excluding hydrogens is 1000 g/mol. The summed E-state index contributed by atoms with van der Waals surface area (Å²) in [6.07, 6.45) is 5.99. The zero-order valence-corrected chi connectivity index (χ0v) is 54.7. The molecule has 68 heavy (non-hydrogen) atoms. The SMILES string of the molecule is C=CC(=O)Cl.C=CC(=O)OCCOCCC.CC(C)(C)O.CC(C)(C)OC(=O)CBr.CC(C)(C)[O-].CCCO.CCCOCC(=O)OC(C)(C)C.CCCOCCO.CCN(CC)CC.[B].[H-].[K+].[Na+]. The summed E-state index contributed by atoms with van der Waals surface area (Å²) in [5.41, 5.74) is -2.02. The van der Waals surface area contributed by atoms with Gasteiger partial charge in [-0.3, -0.25) is 9.59 Å². The molecule has 0 aromatic carbocycles. The predicted octanol–water partition coefficient (Wildman–Crippen LogP) is 2.36. The summed E-state index contributed by atoms with van der Waals surface area (Å²) in [4.78, 5) is 43.8. The van der Waals surface area contributed by atoms with Gasteiger partial charge in [-0.15, -0.1) is 5.60 Å². The van der Waals surface area contributed by atoms with Crippen LogP contribution in [0.15, 0.2) is 25.3 Å². The molecule has 3 N–H and O–H groups in total. The number of carbonyl (C=O) groups is 4. The van der Waals surface area contributed by atoms with Gasteiger partial charge < -0.3 is 55.2 Å². The number of halogens is 2. The number of esters is 3. The molecule has 0 amide bonds. The van der Waals surface area contributed by atoms with Crippen molar-refractivity contribution in [3.05, 3.63) is 25.3 Å². The Kier molecular flexibility index (Phi) is 104. The second kappa shape index (κ2) is 72.0. The van der Waals surface area contributed by atoms with Crippen LogP contribution in [0.2, 0.25) is 0 Å². The van der Waals surface area contributed by atoms with Crippen molar-refractivity contribution < 1.29 is 150 Å². The molecular formula is C48H101BBrClKNNaO14. The molecule has 0 saturated heterocycles. The third kappa shape index (κ3) is 183. The normalized spacial score (nSPS) is 9.68. The van der Waals surface area contributed by atoms with Gasteiger partial charge in [0.05, 0.1) is 25.4 Å². The van der Waals surface area contributed by atoms with Gasteiger partial charge in [0, 0.05) is 40.9 Å². The zero-order chi connectivity index (χ0) is 53.6. The smallest absolute Gasteiger partial charge is 1.00 e. The van der Waals surface area contributed by atoms with Gasteiger partial charge >= 0.3 is 98.8 Å². The van der Waals surface area contributed by atoms with Crippen molar-refractivity contribution in [1.29, 1.82) is 0 Å². The summed E-state index contributed by atoms with van der Waals surface area (Å²) in [7, 11) is 0. The maximum absolute atomic E-state index is 11.0. The number of hydrogen-bond donors (Lipinski definition) is 3. The first-order valence-electron chi connectivity index (χ1n) is 22.4. The van der Waals surface area contributed by atoms with E-state index >= 15 is 0 Å². The van der Waals surface area contributed by atoms with Gasteiger partial charge in [0.25, 0.3) is 0 Å². The Morgan fingerprint density at radius 3 is 1.15 bits per heavy atom. The van der Waals surface area contributed by atoms with Crippen LogP contribution in [0.5, 0.6) is 0 Å². The number of rotatable bonds is 20. The van der Waals surface area contributed by atoms with Gasteiger partial charge in [-0.25, -0.2) is 9.59 Å². The molecule has 0 fully saturated rings. The maximum Gasteiger partial charge on any atom is 1.00 e. The van der Waals surface area contributed by atoms with Crippen molar-refractivity contribution in [2.75, 3.05) is 84.4 Å². The third-order valence-corrected chi connectivity index (χ3v) is 5.43. The molecule has 0 aliphatic rings. The first-order chi connectivity index (χ1) is 29.7. The molecule has 0 unspecified atom stereocenters. The van der Waals surface area contributed by atoms with Crippen LogP contribution in [0.4, 0.5) is 0 Å². The number of nitrogens with zero attached hydrogens (tertiary/aromatic N) is 1. The Morgan fingerprint density at radius 1 is 0.632 bits per heavy atom. The average Bonchev–Trinajstić information content (AvgIpc) is 3.17. The molecule has 0 aromatic rings. The Balaban J connectivity index is -0.0000000471. The minimum atomic E-state index is -0.750. The molecule has 3 radical (unpaired) electrons. The summed E-state index contributed by atoms with van der Waals surface area (Å²) < 4.78 is 29.5.